The molecule has 6 amide bonds. The molecule has 4 aromatic rings. The van der Waals surface area contributed by atoms with Crippen LogP contribution in [0.2, 0.25) is 0 Å². The van der Waals surface area contributed by atoms with Gasteiger partial charge in [0, 0.05) is 47.1 Å². The minimum atomic E-state index is -1.01. The molecule has 0 bridgehead atoms. The molecule has 7 atom stereocenters. The number of H-pyrrole nitrogens is 2. The highest BCUT2D eigenvalue weighted by Crippen LogP contribution is 2.37. The van der Waals surface area contributed by atoms with Crippen LogP contribution < -0.4 is 41.4 Å². The van der Waals surface area contributed by atoms with Crippen molar-refractivity contribution in [3.8, 4) is 23.6 Å². The van der Waals surface area contributed by atoms with Crippen LogP contribution in [0, 0.1) is 46.3 Å². The Morgan fingerprint density at radius 2 is 1.24 bits per heavy atom. The van der Waals surface area contributed by atoms with Crippen molar-refractivity contribution in [1.82, 2.24) is 41.9 Å². The molecule has 2 saturated heterocycles. The van der Waals surface area contributed by atoms with Gasteiger partial charge in [-0.1, -0.05) is 31.7 Å². The van der Waals surface area contributed by atoms with Crippen LogP contribution >= 0.6 is 0 Å². The van der Waals surface area contributed by atoms with Crippen LogP contribution in [-0.4, -0.2) is 96.9 Å². The van der Waals surface area contributed by atoms with E-state index in [1.807, 2.05) is 24.3 Å². The lowest BCUT2D eigenvalue weighted by Crippen LogP contribution is -2.51. The first kappa shape index (κ1) is 45.5. The van der Waals surface area contributed by atoms with Crippen molar-refractivity contribution in [3.05, 3.63) is 59.4 Å². The minimum absolute atomic E-state index is 0.0449. The number of piperidine rings is 2. The molecule has 4 aliphatic rings. The zero-order valence-electron chi connectivity index (χ0n) is 37.1. The first-order valence-electron chi connectivity index (χ1n) is 22.9. The van der Waals surface area contributed by atoms with E-state index < -0.39 is 53.7 Å². The van der Waals surface area contributed by atoms with Gasteiger partial charge in [-0.25, -0.2) is 0 Å². The average Bonchev–Trinajstić information content (AvgIpc) is 4.24. The summed E-state index contributed by atoms with van der Waals surface area (Å²) >= 11 is 0. The van der Waals surface area contributed by atoms with Crippen molar-refractivity contribution in [2.75, 3.05) is 27.3 Å². The molecule has 0 spiro atoms. The number of aromatic amines is 2. The summed E-state index contributed by atoms with van der Waals surface area (Å²) < 4.78 is 11.2. The molecule has 66 heavy (non-hydrogen) atoms. The zero-order valence-corrected chi connectivity index (χ0v) is 37.1. The Morgan fingerprint density at radius 3 is 1.80 bits per heavy atom. The van der Waals surface area contributed by atoms with E-state index >= 15 is 0 Å². The molecule has 0 radical (unpaired) electrons. The third-order valence-corrected chi connectivity index (χ3v) is 13.4. The summed E-state index contributed by atoms with van der Waals surface area (Å²) in [4.78, 5) is 86.4. The molecule has 18 nitrogen and oxygen atoms in total. The second kappa shape index (κ2) is 20.0. The molecule has 8 rings (SSSR count). The van der Waals surface area contributed by atoms with E-state index in [4.69, 9.17) is 9.47 Å². The average molecular weight is 901 g/mol. The van der Waals surface area contributed by atoms with Gasteiger partial charge in [-0.15, -0.1) is 0 Å². The number of hydrogen-bond donors (Lipinski definition) is 8. The highest BCUT2D eigenvalue weighted by Gasteiger charge is 2.37. The van der Waals surface area contributed by atoms with E-state index in [0.29, 0.717) is 66.7 Å². The van der Waals surface area contributed by atoms with Crippen molar-refractivity contribution in [1.29, 1.82) is 10.5 Å². The molecule has 8 N–H and O–H groups in total. The van der Waals surface area contributed by atoms with Gasteiger partial charge in [0.05, 0.1) is 31.9 Å². The van der Waals surface area contributed by atoms with E-state index in [-0.39, 0.29) is 59.7 Å². The monoisotopic (exact) mass is 900 g/mol. The second-order valence-corrected chi connectivity index (χ2v) is 18.2. The number of nitrogens with one attached hydrogen (secondary N) is 8. The van der Waals surface area contributed by atoms with Gasteiger partial charge in [0.15, 0.2) is 0 Å². The summed E-state index contributed by atoms with van der Waals surface area (Å²) in [6, 6.07) is 13.1. The fourth-order valence-corrected chi connectivity index (χ4v) is 9.31. The second-order valence-electron chi connectivity index (χ2n) is 18.2. The van der Waals surface area contributed by atoms with Gasteiger partial charge < -0.3 is 51.3 Å². The van der Waals surface area contributed by atoms with Gasteiger partial charge in [-0.3, -0.25) is 28.8 Å². The third-order valence-electron chi connectivity index (χ3n) is 13.4. The van der Waals surface area contributed by atoms with Gasteiger partial charge in [-0.05, 0) is 98.7 Å². The van der Waals surface area contributed by atoms with Gasteiger partial charge in [0.25, 0.3) is 11.8 Å². The number of nitrogens with zero attached hydrogens (tertiary/aromatic N) is 2. The van der Waals surface area contributed by atoms with Crippen molar-refractivity contribution in [3.63, 3.8) is 0 Å². The zero-order chi connectivity index (χ0) is 46.5. The Labute approximate surface area is 381 Å². The molecule has 4 fully saturated rings. The van der Waals surface area contributed by atoms with Crippen LogP contribution in [0.25, 0.3) is 21.8 Å². The van der Waals surface area contributed by atoms with Crippen LogP contribution in [-0.2, 0) is 19.2 Å². The number of benzene rings is 2. The fourth-order valence-electron chi connectivity index (χ4n) is 9.31. The molecular weight excluding hydrogens is 845 g/mol. The Hall–Kier alpha value is -7.08. The molecule has 2 aliphatic carbocycles. The number of rotatable bonds is 19. The summed E-state index contributed by atoms with van der Waals surface area (Å²) in [5, 5.41) is 38.5. The number of nitriles is 2. The van der Waals surface area contributed by atoms with E-state index in [9.17, 15) is 39.3 Å². The maximum absolute atomic E-state index is 13.8. The van der Waals surface area contributed by atoms with Crippen molar-refractivity contribution in [2.45, 2.75) is 101 Å². The summed E-state index contributed by atoms with van der Waals surface area (Å²) in [7, 11) is 3.07. The van der Waals surface area contributed by atoms with Crippen LogP contribution in [0.3, 0.4) is 0 Å². The molecule has 2 aromatic carbocycles. The summed E-state index contributed by atoms with van der Waals surface area (Å²) in [6.07, 6.45) is 6.63. The van der Waals surface area contributed by atoms with Gasteiger partial charge >= 0.3 is 0 Å². The lowest BCUT2D eigenvalue weighted by Gasteiger charge is -2.31. The van der Waals surface area contributed by atoms with Crippen LogP contribution in [0.15, 0.2) is 42.5 Å². The number of carbonyl (C=O) groups excluding carboxylic acids is 6. The predicted octanol–water partition coefficient (Wildman–Crippen LogP) is 3.71. The number of fused-ring (bicyclic) bond motifs is 2. The topological polar surface area (TPSA) is 272 Å². The van der Waals surface area contributed by atoms with E-state index in [2.05, 4.69) is 54.0 Å². The molecule has 2 aliphatic heterocycles. The van der Waals surface area contributed by atoms with E-state index in [1.54, 1.807) is 25.3 Å². The smallest absolute Gasteiger partial charge is 0.268 e. The first-order valence-corrected chi connectivity index (χ1v) is 22.9. The number of ether oxygens (including phenoxy) is 2. The predicted molar refractivity (Wildman–Crippen MR) is 241 cm³/mol. The first-order chi connectivity index (χ1) is 31.9. The normalized spacial score (nSPS) is 21.2. The van der Waals surface area contributed by atoms with E-state index in [0.717, 1.165) is 43.1 Å². The molecule has 2 saturated carbocycles. The number of amides is 6. The summed E-state index contributed by atoms with van der Waals surface area (Å²) in [5.41, 5.74) is 2.59. The van der Waals surface area contributed by atoms with Gasteiger partial charge in [0.1, 0.15) is 47.1 Å². The summed E-state index contributed by atoms with van der Waals surface area (Å²) in [6.45, 7) is 0.905. The Morgan fingerprint density at radius 1 is 0.682 bits per heavy atom. The van der Waals surface area contributed by atoms with Crippen LogP contribution in [0.1, 0.15) is 103 Å². The minimum Gasteiger partial charge on any atom is -0.496 e. The third kappa shape index (κ3) is 10.7. The maximum atomic E-state index is 13.8. The number of carbonyl (C=O) groups is 6. The van der Waals surface area contributed by atoms with Crippen molar-refractivity contribution < 1.29 is 38.2 Å². The quantitative estimate of drug-likeness (QED) is 0.0676. The van der Waals surface area contributed by atoms with Crippen LogP contribution in [0.4, 0.5) is 0 Å². The van der Waals surface area contributed by atoms with Gasteiger partial charge in [-0.2, -0.15) is 10.5 Å². The number of methoxy groups -OCH3 is 2. The largest absolute Gasteiger partial charge is 0.496 e. The van der Waals surface area contributed by atoms with E-state index in [1.165, 1.54) is 7.11 Å². The Balaban J connectivity index is 0.913. The molecular formula is C48H56N10O8. The number of hydrogen-bond acceptors (Lipinski definition) is 10. The number of aromatic nitrogens is 2. The van der Waals surface area contributed by atoms with Crippen molar-refractivity contribution in [2.24, 2.45) is 23.7 Å². The lowest BCUT2D eigenvalue weighted by atomic mass is 9.82. The Kier molecular flexibility index (Phi) is 13.8. The molecule has 2 aromatic heterocycles. The Bertz CT molecular complexity index is 2600. The molecule has 4 heterocycles. The van der Waals surface area contributed by atoms with Crippen LogP contribution in [0.5, 0.6) is 11.5 Å². The fraction of sp³-hybridized carbons (Fsp3) is 0.500. The molecule has 1 unspecified atom stereocenters. The molecule has 18 heteroatoms. The summed E-state index contributed by atoms with van der Waals surface area (Å²) in [5.74, 6) is -1.89. The SMILES string of the molecule is COc1cc(C2CNC(=O)[C@H](C[C@H](C#N)NC(=O)[C@H](CC3CC3)NC(=O)c3cc4c(OC)cccc4[nH]3)C2)cc2[nH]c(C(=O)N[C@@H](CC3CC3)C(=O)N[C@H](C#N)C[C@@H]3CCCNC3=O)cc12. The van der Waals surface area contributed by atoms with Crippen molar-refractivity contribution >= 4 is 57.2 Å². The maximum Gasteiger partial charge on any atom is 0.268 e. The highest BCUT2D eigenvalue weighted by atomic mass is 16.5. The lowest BCUT2D eigenvalue weighted by molar-refractivity contribution is -0.128. The standard InChI is InChI=1S/C48H56N10O8/c1-65-41-7-3-6-35-33(41)20-39(55-35)47(63)57-38(14-26-10-11-26)46(62)54-32(23-50)17-29-15-30(24-52-44(29)60)28-18-36-34(42(19-28)66-2)21-40(56-36)48(64)58-37(13-25-8-9-25)45(61)53-31(22-49)16-27-5-4-12-51-43(27)59/h3,6-7,18-21,25-27,29-32,37-38,55-56H,4-5,8-17,24H2,1-2H3,(H,51,59)(H,52,60)(H,53,61)(H,54,62)(H,57,63)(H,58,64)/t27-,29-,30?,31-,32+,37-,38-/m0/s1. The van der Waals surface area contributed by atoms with Gasteiger partial charge in [0.2, 0.25) is 23.6 Å². The molecule has 346 valence electrons. The highest BCUT2D eigenvalue weighted by molar-refractivity contribution is 6.03.